The summed E-state index contributed by atoms with van der Waals surface area (Å²) in [4.78, 5) is 30.0. The second-order valence-electron chi connectivity index (χ2n) is 6.10. The van der Waals surface area contributed by atoms with E-state index in [0.717, 1.165) is 13.0 Å². The number of carbonyl (C=O) groups excluding carboxylic acids is 2. The van der Waals surface area contributed by atoms with Gasteiger partial charge in [0.1, 0.15) is 0 Å². The molecule has 0 aliphatic carbocycles. The third kappa shape index (κ3) is 4.19. The molecule has 5 nitrogen and oxygen atoms in total. The van der Waals surface area contributed by atoms with E-state index in [1.165, 1.54) is 5.56 Å². The third-order valence-corrected chi connectivity index (χ3v) is 4.28. The zero-order valence-electron chi connectivity index (χ0n) is 13.5. The summed E-state index contributed by atoms with van der Waals surface area (Å²) in [6.45, 7) is 1.95. The molecule has 0 spiro atoms. The lowest BCUT2D eigenvalue weighted by molar-refractivity contribution is -0.127. The molecule has 1 aromatic carbocycles. The SMILES string of the molecule is O=C(NCC1CC(=O)N(CCc2ccccc2)C1)c1cccnc1. The van der Waals surface area contributed by atoms with Gasteiger partial charge in [-0.15, -0.1) is 0 Å². The van der Waals surface area contributed by atoms with Crippen molar-refractivity contribution in [2.75, 3.05) is 19.6 Å². The fourth-order valence-electron chi connectivity index (χ4n) is 2.95. The van der Waals surface area contributed by atoms with Gasteiger partial charge in [-0.25, -0.2) is 0 Å². The molecule has 1 unspecified atom stereocenters. The van der Waals surface area contributed by atoms with Crippen molar-refractivity contribution in [1.29, 1.82) is 0 Å². The van der Waals surface area contributed by atoms with Gasteiger partial charge >= 0.3 is 0 Å². The van der Waals surface area contributed by atoms with Gasteiger partial charge in [-0.3, -0.25) is 14.6 Å². The first-order valence-electron chi connectivity index (χ1n) is 8.22. The standard InChI is InChI=1S/C19H21N3O2/c23-18-11-16(12-21-19(24)17-7-4-9-20-13-17)14-22(18)10-8-15-5-2-1-3-6-15/h1-7,9,13,16H,8,10-12,14H2,(H,21,24). The first-order chi connectivity index (χ1) is 11.7. The highest BCUT2D eigenvalue weighted by atomic mass is 16.2. The molecule has 1 aromatic heterocycles. The summed E-state index contributed by atoms with van der Waals surface area (Å²) < 4.78 is 0. The van der Waals surface area contributed by atoms with Crippen LogP contribution >= 0.6 is 0 Å². The number of hydrogen-bond donors (Lipinski definition) is 1. The minimum atomic E-state index is -0.140. The summed E-state index contributed by atoms with van der Waals surface area (Å²) in [7, 11) is 0. The average molecular weight is 323 g/mol. The Labute approximate surface area is 141 Å². The second kappa shape index (κ2) is 7.73. The Morgan fingerprint density at radius 1 is 1.21 bits per heavy atom. The number of aromatic nitrogens is 1. The largest absolute Gasteiger partial charge is 0.352 e. The fraction of sp³-hybridized carbons (Fsp3) is 0.316. The van der Waals surface area contributed by atoms with Gasteiger partial charge < -0.3 is 10.2 Å². The maximum Gasteiger partial charge on any atom is 0.252 e. The monoisotopic (exact) mass is 323 g/mol. The minimum Gasteiger partial charge on any atom is -0.352 e. The second-order valence-corrected chi connectivity index (χ2v) is 6.10. The van der Waals surface area contributed by atoms with Crippen molar-refractivity contribution in [3.05, 3.63) is 66.0 Å². The summed E-state index contributed by atoms with van der Waals surface area (Å²) >= 11 is 0. The number of rotatable bonds is 6. The van der Waals surface area contributed by atoms with E-state index in [0.29, 0.717) is 25.1 Å². The molecule has 2 aromatic rings. The zero-order chi connectivity index (χ0) is 16.8. The molecule has 1 saturated heterocycles. The summed E-state index contributed by atoms with van der Waals surface area (Å²) in [6, 6.07) is 13.6. The van der Waals surface area contributed by atoms with Gasteiger partial charge in [0.05, 0.1) is 5.56 Å². The van der Waals surface area contributed by atoms with Crippen LogP contribution in [-0.4, -0.2) is 41.3 Å². The van der Waals surface area contributed by atoms with E-state index in [1.54, 1.807) is 24.5 Å². The van der Waals surface area contributed by atoms with Gasteiger partial charge in [-0.1, -0.05) is 30.3 Å². The van der Waals surface area contributed by atoms with Crippen molar-refractivity contribution >= 4 is 11.8 Å². The Balaban J connectivity index is 1.45. The summed E-state index contributed by atoms with van der Waals surface area (Å²) in [5, 5.41) is 2.90. The maximum absolute atomic E-state index is 12.1. The third-order valence-electron chi connectivity index (χ3n) is 4.28. The molecule has 1 fully saturated rings. The van der Waals surface area contributed by atoms with Crippen molar-refractivity contribution in [3.63, 3.8) is 0 Å². The molecule has 1 atom stereocenters. The van der Waals surface area contributed by atoms with Crippen LogP contribution in [0.4, 0.5) is 0 Å². The van der Waals surface area contributed by atoms with Crippen LogP contribution in [0.5, 0.6) is 0 Å². The van der Waals surface area contributed by atoms with Gasteiger partial charge in [0.15, 0.2) is 0 Å². The number of hydrogen-bond acceptors (Lipinski definition) is 3. The van der Waals surface area contributed by atoms with E-state index in [4.69, 9.17) is 0 Å². The van der Waals surface area contributed by atoms with Crippen molar-refractivity contribution in [2.24, 2.45) is 5.92 Å². The molecule has 0 saturated carbocycles. The van der Waals surface area contributed by atoms with E-state index < -0.39 is 0 Å². The normalized spacial score (nSPS) is 17.1. The lowest BCUT2D eigenvalue weighted by Crippen LogP contribution is -2.32. The quantitative estimate of drug-likeness (QED) is 0.883. The van der Waals surface area contributed by atoms with Crippen LogP contribution in [0.3, 0.4) is 0 Å². The van der Waals surface area contributed by atoms with Gasteiger partial charge in [-0.2, -0.15) is 0 Å². The number of nitrogens with one attached hydrogen (secondary N) is 1. The Hall–Kier alpha value is -2.69. The van der Waals surface area contributed by atoms with Crippen LogP contribution < -0.4 is 5.32 Å². The van der Waals surface area contributed by atoms with Crippen LogP contribution in [0.15, 0.2) is 54.9 Å². The molecular weight excluding hydrogens is 302 g/mol. The molecule has 24 heavy (non-hydrogen) atoms. The number of amides is 2. The highest BCUT2D eigenvalue weighted by Gasteiger charge is 2.29. The minimum absolute atomic E-state index is 0.140. The number of pyridine rings is 1. The Kier molecular flexibility index (Phi) is 5.21. The molecule has 2 heterocycles. The van der Waals surface area contributed by atoms with E-state index >= 15 is 0 Å². The highest BCUT2D eigenvalue weighted by molar-refractivity contribution is 5.93. The molecule has 1 aliphatic heterocycles. The Bertz CT molecular complexity index is 688. The number of carbonyl (C=O) groups is 2. The van der Waals surface area contributed by atoms with Crippen LogP contribution in [0.2, 0.25) is 0 Å². The van der Waals surface area contributed by atoms with Crippen molar-refractivity contribution in [1.82, 2.24) is 15.2 Å². The van der Waals surface area contributed by atoms with Gasteiger partial charge in [0.2, 0.25) is 5.91 Å². The van der Waals surface area contributed by atoms with Crippen molar-refractivity contribution < 1.29 is 9.59 Å². The first-order valence-corrected chi connectivity index (χ1v) is 8.22. The number of benzene rings is 1. The van der Waals surface area contributed by atoms with Gasteiger partial charge in [-0.05, 0) is 24.1 Å². The maximum atomic E-state index is 12.1. The van der Waals surface area contributed by atoms with Crippen LogP contribution in [0, 0.1) is 5.92 Å². The first kappa shape index (κ1) is 16.2. The van der Waals surface area contributed by atoms with Crippen LogP contribution in [0.25, 0.3) is 0 Å². The van der Waals surface area contributed by atoms with Gasteiger partial charge in [0, 0.05) is 44.4 Å². The molecule has 5 heteroatoms. The molecule has 2 amide bonds. The van der Waals surface area contributed by atoms with E-state index in [-0.39, 0.29) is 17.7 Å². The summed E-state index contributed by atoms with van der Waals surface area (Å²) in [5.41, 5.74) is 1.78. The molecule has 1 N–H and O–H groups in total. The predicted molar refractivity (Wildman–Crippen MR) is 91.4 cm³/mol. The van der Waals surface area contributed by atoms with Crippen LogP contribution in [0.1, 0.15) is 22.3 Å². The number of nitrogens with zero attached hydrogens (tertiary/aromatic N) is 2. The van der Waals surface area contributed by atoms with Crippen molar-refractivity contribution in [2.45, 2.75) is 12.8 Å². The fourth-order valence-corrected chi connectivity index (χ4v) is 2.95. The van der Waals surface area contributed by atoms with E-state index in [2.05, 4.69) is 22.4 Å². The molecular formula is C19H21N3O2. The molecule has 124 valence electrons. The smallest absolute Gasteiger partial charge is 0.252 e. The topological polar surface area (TPSA) is 62.3 Å². The molecule has 3 rings (SSSR count). The predicted octanol–water partition coefficient (Wildman–Crippen LogP) is 1.90. The molecule has 0 bridgehead atoms. The van der Waals surface area contributed by atoms with Gasteiger partial charge in [0.25, 0.3) is 5.91 Å². The summed E-state index contributed by atoms with van der Waals surface area (Å²) in [6.07, 6.45) is 4.54. The Morgan fingerprint density at radius 3 is 2.79 bits per heavy atom. The lowest BCUT2D eigenvalue weighted by atomic mass is 10.1. The summed E-state index contributed by atoms with van der Waals surface area (Å²) in [5.74, 6) is 0.207. The molecule has 0 radical (unpaired) electrons. The zero-order valence-corrected chi connectivity index (χ0v) is 13.5. The lowest BCUT2D eigenvalue weighted by Gasteiger charge is -2.17. The number of likely N-dealkylation sites (tertiary alicyclic amines) is 1. The van der Waals surface area contributed by atoms with E-state index in [9.17, 15) is 9.59 Å². The average Bonchev–Trinajstić information content (AvgIpc) is 2.99. The Morgan fingerprint density at radius 2 is 2.04 bits per heavy atom. The molecule has 1 aliphatic rings. The van der Waals surface area contributed by atoms with Crippen LogP contribution in [-0.2, 0) is 11.2 Å². The van der Waals surface area contributed by atoms with Crippen molar-refractivity contribution in [3.8, 4) is 0 Å². The highest BCUT2D eigenvalue weighted by Crippen LogP contribution is 2.17. The van der Waals surface area contributed by atoms with E-state index in [1.807, 2.05) is 23.1 Å².